The van der Waals surface area contributed by atoms with Crippen molar-refractivity contribution in [2.24, 2.45) is 11.3 Å². The molecule has 1 aliphatic heterocycles. The third kappa shape index (κ3) is 4.99. The highest BCUT2D eigenvalue weighted by Crippen LogP contribution is 2.22. The molecule has 0 aliphatic carbocycles. The first-order valence-corrected chi connectivity index (χ1v) is 6.20. The maximum absolute atomic E-state index is 2.63. The molecule has 1 saturated heterocycles. The van der Waals surface area contributed by atoms with E-state index in [9.17, 15) is 0 Å². The van der Waals surface area contributed by atoms with Gasteiger partial charge in [-0.15, -0.1) is 0 Å². The van der Waals surface area contributed by atoms with Crippen LogP contribution < -0.4 is 0 Å². The zero-order chi connectivity index (χ0) is 10.6. The van der Waals surface area contributed by atoms with Gasteiger partial charge in [-0.2, -0.15) is 0 Å². The van der Waals surface area contributed by atoms with E-state index < -0.39 is 0 Å². The highest BCUT2D eigenvalue weighted by Gasteiger charge is 2.17. The fraction of sp³-hybridized carbons (Fsp3) is 1.00. The Morgan fingerprint density at radius 2 is 1.93 bits per heavy atom. The summed E-state index contributed by atoms with van der Waals surface area (Å²) < 4.78 is 0. The number of nitrogens with zero attached hydrogens (tertiary/aromatic N) is 1. The van der Waals surface area contributed by atoms with Gasteiger partial charge >= 0.3 is 0 Å². The predicted octanol–water partition coefficient (Wildman–Crippen LogP) is 3.54. The molecule has 1 fully saturated rings. The molecule has 1 unspecified atom stereocenters. The van der Waals surface area contributed by atoms with Crippen LogP contribution in [0.2, 0.25) is 0 Å². The Morgan fingerprint density at radius 1 is 1.21 bits per heavy atom. The molecule has 1 heterocycles. The summed E-state index contributed by atoms with van der Waals surface area (Å²) in [5.41, 5.74) is 0.526. The van der Waals surface area contributed by atoms with Gasteiger partial charge in [-0.25, -0.2) is 0 Å². The molecule has 0 radical (unpaired) electrons. The van der Waals surface area contributed by atoms with Crippen molar-refractivity contribution in [3.8, 4) is 0 Å². The topological polar surface area (TPSA) is 3.24 Å². The first-order valence-electron chi connectivity index (χ1n) is 6.20. The Labute approximate surface area is 89.9 Å². The number of hydrogen-bond acceptors (Lipinski definition) is 1. The molecule has 1 atom stereocenters. The van der Waals surface area contributed by atoms with Crippen LogP contribution in [-0.2, 0) is 0 Å². The van der Waals surface area contributed by atoms with Crippen molar-refractivity contribution in [3.05, 3.63) is 0 Å². The summed E-state index contributed by atoms with van der Waals surface area (Å²) in [6, 6.07) is 0. The van der Waals surface area contributed by atoms with Crippen molar-refractivity contribution >= 4 is 0 Å². The van der Waals surface area contributed by atoms with Gasteiger partial charge in [0.05, 0.1) is 0 Å². The van der Waals surface area contributed by atoms with Crippen molar-refractivity contribution in [2.75, 3.05) is 19.6 Å². The van der Waals surface area contributed by atoms with Gasteiger partial charge in [0.25, 0.3) is 0 Å². The molecule has 1 aliphatic rings. The summed E-state index contributed by atoms with van der Waals surface area (Å²) in [5.74, 6) is 0.942. The number of unbranched alkanes of at least 4 members (excludes halogenated alkanes) is 1. The number of hydrogen-bond donors (Lipinski definition) is 0. The Morgan fingerprint density at radius 3 is 2.43 bits per heavy atom. The van der Waals surface area contributed by atoms with Gasteiger partial charge in [-0.1, -0.05) is 34.1 Å². The first kappa shape index (κ1) is 12.0. The molecule has 0 amide bonds. The molecule has 0 spiro atoms. The number of rotatable bonds is 4. The Bertz CT molecular complexity index is 157. The fourth-order valence-electron chi connectivity index (χ4n) is 2.22. The third-order valence-electron chi connectivity index (χ3n) is 3.16. The maximum atomic E-state index is 2.63. The van der Waals surface area contributed by atoms with Gasteiger partial charge in [0.15, 0.2) is 0 Å². The van der Waals surface area contributed by atoms with E-state index in [2.05, 4.69) is 32.6 Å². The van der Waals surface area contributed by atoms with Gasteiger partial charge in [0.2, 0.25) is 0 Å². The van der Waals surface area contributed by atoms with E-state index in [0.29, 0.717) is 5.41 Å². The van der Waals surface area contributed by atoms with Gasteiger partial charge in [0, 0.05) is 6.54 Å². The highest BCUT2D eigenvalue weighted by molar-refractivity contribution is 4.72. The second-order valence-corrected chi connectivity index (χ2v) is 6.21. The molecule has 0 aromatic carbocycles. The largest absolute Gasteiger partial charge is 0.303 e. The molecule has 0 N–H and O–H groups in total. The monoisotopic (exact) mass is 197 g/mol. The van der Waals surface area contributed by atoms with Crippen LogP contribution >= 0.6 is 0 Å². The standard InChI is InChI=1S/C13H27N/c1-12-7-10-14(11-12)9-6-5-8-13(2,3)4/h12H,5-11H2,1-4H3. The van der Waals surface area contributed by atoms with Gasteiger partial charge < -0.3 is 4.90 Å². The predicted molar refractivity (Wildman–Crippen MR) is 63.5 cm³/mol. The summed E-state index contributed by atoms with van der Waals surface area (Å²) in [7, 11) is 0. The molecule has 1 nitrogen and oxygen atoms in total. The molecular formula is C13H27N. The minimum Gasteiger partial charge on any atom is -0.303 e. The third-order valence-corrected chi connectivity index (χ3v) is 3.16. The normalized spacial score (nSPS) is 24.4. The van der Waals surface area contributed by atoms with Crippen LogP contribution in [0.4, 0.5) is 0 Å². The van der Waals surface area contributed by atoms with Crippen molar-refractivity contribution < 1.29 is 0 Å². The van der Waals surface area contributed by atoms with Crippen LogP contribution in [-0.4, -0.2) is 24.5 Å². The summed E-state index contributed by atoms with van der Waals surface area (Å²) in [6.45, 7) is 13.4. The average Bonchev–Trinajstić information content (AvgIpc) is 2.44. The quantitative estimate of drug-likeness (QED) is 0.623. The van der Waals surface area contributed by atoms with Crippen LogP contribution in [0, 0.1) is 11.3 Å². The van der Waals surface area contributed by atoms with Crippen molar-refractivity contribution in [1.29, 1.82) is 0 Å². The van der Waals surface area contributed by atoms with E-state index in [-0.39, 0.29) is 0 Å². The first-order chi connectivity index (χ1) is 6.47. The van der Waals surface area contributed by atoms with E-state index in [1.54, 1.807) is 0 Å². The zero-order valence-corrected chi connectivity index (χ0v) is 10.5. The van der Waals surface area contributed by atoms with E-state index in [1.807, 2.05) is 0 Å². The lowest BCUT2D eigenvalue weighted by atomic mass is 9.90. The fourth-order valence-corrected chi connectivity index (χ4v) is 2.22. The van der Waals surface area contributed by atoms with Gasteiger partial charge in [-0.3, -0.25) is 0 Å². The van der Waals surface area contributed by atoms with Crippen LogP contribution in [0.5, 0.6) is 0 Å². The van der Waals surface area contributed by atoms with Crippen LogP contribution in [0.1, 0.15) is 53.4 Å². The second kappa shape index (κ2) is 5.16. The van der Waals surface area contributed by atoms with Gasteiger partial charge in [-0.05, 0) is 43.7 Å². The van der Waals surface area contributed by atoms with E-state index in [4.69, 9.17) is 0 Å². The summed E-state index contributed by atoms with van der Waals surface area (Å²) in [6.07, 6.45) is 5.58. The minimum absolute atomic E-state index is 0.526. The summed E-state index contributed by atoms with van der Waals surface area (Å²) >= 11 is 0. The van der Waals surface area contributed by atoms with E-state index >= 15 is 0 Å². The lowest BCUT2D eigenvalue weighted by Crippen LogP contribution is -2.21. The van der Waals surface area contributed by atoms with Crippen LogP contribution in [0.15, 0.2) is 0 Å². The SMILES string of the molecule is CC1CCN(CCCCC(C)(C)C)C1. The highest BCUT2D eigenvalue weighted by atomic mass is 15.1. The average molecular weight is 197 g/mol. The Hall–Kier alpha value is -0.0400. The zero-order valence-electron chi connectivity index (χ0n) is 10.5. The molecule has 14 heavy (non-hydrogen) atoms. The molecule has 1 rings (SSSR count). The molecule has 0 saturated carbocycles. The maximum Gasteiger partial charge on any atom is 0.000750 e. The van der Waals surface area contributed by atoms with Gasteiger partial charge in [0.1, 0.15) is 0 Å². The minimum atomic E-state index is 0.526. The molecule has 84 valence electrons. The van der Waals surface area contributed by atoms with E-state index in [1.165, 1.54) is 45.3 Å². The Kier molecular flexibility index (Phi) is 4.43. The molecule has 1 heteroatoms. The smallest absolute Gasteiger partial charge is 0.000750 e. The van der Waals surface area contributed by atoms with Crippen molar-refractivity contribution in [1.82, 2.24) is 4.90 Å². The summed E-state index contributed by atoms with van der Waals surface area (Å²) in [4.78, 5) is 2.63. The molecule has 0 bridgehead atoms. The Balaban J connectivity index is 1.99. The van der Waals surface area contributed by atoms with Crippen LogP contribution in [0.25, 0.3) is 0 Å². The molecule has 0 aromatic rings. The van der Waals surface area contributed by atoms with E-state index in [0.717, 1.165) is 5.92 Å². The van der Waals surface area contributed by atoms with Crippen molar-refractivity contribution in [2.45, 2.75) is 53.4 Å². The lowest BCUT2D eigenvalue weighted by Gasteiger charge is -2.19. The second-order valence-electron chi connectivity index (χ2n) is 6.21. The number of likely N-dealkylation sites (tertiary alicyclic amines) is 1. The van der Waals surface area contributed by atoms with Crippen LogP contribution in [0.3, 0.4) is 0 Å². The molecule has 0 aromatic heterocycles. The van der Waals surface area contributed by atoms with Crippen molar-refractivity contribution in [3.63, 3.8) is 0 Å². The summed E-state index contributed by atoms with van der Waals surface area (Å²) in [5, 5.41) is 0. The molecular weight excluding hydrogens is 170 g/mol. The lowest BCUT2D eigenvalue weighted by molar-refractivity contribution is 0.298.